The second-order valence-electron chi connectivity index (χ2n) is 12.3. The Morgan fingerprint density at radius 3 is 1.24 bits per heavy atom. The molecule has 0 aliphatic rings. The number of hydrogen-bond acceptors (Lipinski definition) is 13. The van der Waals surface area contributed by atoms with Gasteiger partial charge in [-0.05, 0) is 43.4 Å². The van der Waals surface area contributed by atoms with Crippen molar-refractivity contribution in [3.8, 4) is 5.75 Å². The third-order valence-corrected chi connectivity index (χ3v) is 7.73. The van der Waals surface area contributed by atoms with Gasteiger partial charge in [0.2, 0.25) is 0 Å². The molecule has 314 valence electrons. The van der Waals surface area contributed by atoms with Crippen LogP contribution in [0.2, 0.25) is 0 Å². The summed E-state index contributed by atoms with van der Waals surface area (Å²) in [6.07, 6.45) is 10.3. The predicted octanol–water partition coefficient (Wildman–Crippen LogP) is 5.31. The van der Waals surface area contributed by atoms with Crippen molar-refractivity contribution in [3.63, 3.8) is 0 Å². The number of hydrogen-bond donors (Lipinski definition) is 1. The van der Waals surface area contributed by atoms with Crippen LogP contribution in [-0.4, -0.2) is 149 Å². The number of rotatable bonds is 43. The van der Waals surface area contributed by atoms with E-state index in [-0.39, 0.29) is 32.0 Å². The Labute approximate surface area is 323 Å². The van der Waals surface area contributed by atoms with Gasteiger partial charge in [-0.3, -0.25) is 9.59 Å². The van der Waals surface area contributed by atoms with Crippen LogP contribution >= 0.6 is 0 Å². The van der Waals surface area contributed by atoms with Gasteiger partial charge < -0.3 is 57.2 Å². The molecule has 0 unspecified atom stereocenters. The molecule has 0 fully saturated rings. The average molecular weight is 775 g/mol. The van der Waals surface area contributed by atoms with Crippen molar-refractivity contribution < 1.29 is 66.8 Å². The predicted molar refractivity (Wildman–Crippen MR) is 203 cm³/mol. The van der Waals surface area contributed by atoms with E-state index >= 15 is 0 Å². The Morgan fingerprint density at radius 2 is 0.815 bits per heavy atom. The Morgan fingerprint density at radius 1 is 0.444 bits per heavy atom. The van der Waals surface area contributed by atoms with Crippen LogP contribution in [0.1, 0.15) is 76.7 Å². The topological polar surface area (TPSA) is 156 Å². The van der Waals surface area contributed by atoms with Gasteiger partial charge in [0.1, 0.15) is 19.0 Å². The van der Waals surface area contributed by atoms with E-state index in [1.54, 1.807) is 0 Å². The van der Waals surface area contributed by atoms with E-state index in [1.165, 1.54) is 44.1 Å². The van der Waals surface area contributed by atoms with Gasteiger partial charge in [0.15, 0.2) is 0 Å². The zero-order chi connectivity index (χ0) is 38.8. The Kier molecular flexibility index (Phi) is 37.0. The molecule has 1 aromatic carbocycles. The lowest BCUT2D eigenvalue weighted by atomic mass is 10.0. The molecule has 0 aliphatic carbocycles. The van der Waals surface area contributed by atoms with Gasteiger partial charge in [-0.15, -0.1) is 0 Å². The molecular weight excluding hydrogens is 704 g/mol. The van der Waals surface area contributed by atoms with Gasteiger partial charge in [0, 0.05) is 12.8 Å². The molecule has 0 saturated carbocycles. The van der Waals surface area contributed by atoms with E-state index in [0.29, 0.717) is 132 Å². The van der Waals surface area contributed by atoms with Gasteiger partial charge in [0.05, 0.1) is 119 Å². The van der Waals surface area contributed by atoms with Crippen molar-refractivity contribution in [2.45, 2.75) is 77.6 Å². The van der Waals surface area contributed by atoms with Crippen molar-refractivity contribution >= 4 is 11.9 Å². The number of aliphatic carboxylic acids is 1. The highest BCUT2D eigenvalue weighted by Crippen LogP contribution is 2.15. The first-order valence-corrected chi connectivity index (χ1v) is 19.9. The molecule has 0 amide bonds. The Balaban J connectivity index is 1.69. The molecule has 1 N–H and O–H groups in total. The molecule has 0 aliphatic heterocycles. The smallest absolute Gasteiger partial charge is 0.305 e. The zero-order valence-electron chi connectivity index (χ0n) is 33.0. The van der Waals surface area contributed by atoms with E-state index in [0.717, 1.165) is 12.2 Å². The number of carbonyl (C=O) groups excluding carboxylic acids is 1. The number of aryl methyl sites for hydroxylation is 1. The van der Waals surface area contributed by atoms with Crippen LogP contribution < -0.4 is 4.74 Å². The fraction of sp³-hybridized carbons (Fsp3) is 0.800. The molecule has 1 rings (SSSR count). The Bertz CT molecular complexity index is 949. The van der Waals surface area contributed by atoms with Crippen LogP contribution in [0.4, 0.5) is 0 Å². The maximum atomic E-state index is 11.5. The molecule has 0 atom stereocenters. The van der Waals surface area contributed by atoms with Crippen molar-refractivity contribution in [3.05, 3.63) is 29.8 Å². The zero-order valence-corrected chi connectivity index (χ0v) is 33.0. The number of benzene rings is 1. The summed E-state index contributed by atoms with van der Waals surface area (Å²) in [6, 6.07) is 8.41. The summed E-state index contributed by atoms with van der Waals surface area (Å²) in [4.78, 5) is 21.9. The fourth-order valence-electron chi connectivity index (χ4n) is 4.77. The average Bonchev–Trinajstić information content (AvgIpc) is 3.17. The first-order valence-electron chi connectivity index (χ1n) is 19.9. The van der Waals surface area contributed by atoms with Crippen molar-refractivity contribution in [1.29, 1.82) is 0 Å². The summed E-state index contributed by atoms with van der Waals surface area (Å²) in [6.45, 7) is 11.3. The van der Waals surface area contributed by atoms with E-state index < -0.39 is 5.97 Å². The van der Waals surface area contributed by atoms with Crippen molar-refractivity contribution in [2.75, 3.05) is 132 Å². The number of unbranched alkanes of at least 4 members (excludes halogenated alkanes) is 6. The number of carbonyl (C=O) groups is 2. The second kappa shape index (κ2) is 40.3. The summed E-state index contributed by atoms with van der Waals surface area (Å²) in [7, 11) is 0. The molecule has 0 saturated heterocycles. The molecule has 1 aromatic rings. The van der Waals surface area contributed by atoms with Crippen LogP contribution in [0.5, 0.6) is 5.75 Å². The standard InChI is InChI=1S/C40H70O14/c1-2-3-4-5-6-7-10-37-13-15-38(16-14-37)53-35-33-51-31-29-49-27-25-47-23-21-45-19-17-44-18-20-46-22-24-48-26-28-50-30-32-52-34-36-54-40(43)12-9-8-11-39(41)42/h13-16H,2-12,17-36H2,1H3,(H,41,42). The number of carboxylic acids is 1. The first-order chi connectivity index (χ1) is 26.6. The van der Waals surface area contributed by atoms with Crippen LogP contribution in [-0.2, 0) is 63.4 Å². The lowest BCUT2D eigenvalue weighted by Gasteiger charge is -2.09. The molecule has 0 bridgehead atoms. The minimum absolute atomic E-state index is 0.0604. The maximum Gasteiger partial charge on any atom is 0.305 e. The first kappa shape index (κ1) is 49.6. The fourth-order valence-corrected chi connectivity index (χ4v) is 4.77. The minimum atomic E-state index is -0.862. The molecule has 0 spiro atoms. The summed E-state index contributed by atoms with van der Waals surface area (Å²) in [5.41, 5.74) is 1.37. The van der Waals surface area contributed by atoms with Gasteiger partial charge in [0.25, 0.3) is 0 Å². The normalized spacial score (nSPS) is 11.3. The summed E-state index contributed by atoms with van der Waals surface area (Å²) in [5.74, 6) is -0.331. The molecule has 0 radical (unpaired) electrons. The highest BCUT2D eigenvalue weighted by atomic mass is 16.6. The SMILES string of the molecule is CCCCCCCCc1ccc(OCCOCCOCCOCCOCCOCCOCCOCCOCCOCCOC(=O)CCCCC(=O)O)cc1. The van der Waals surface area contributed by atoms with Gasteiger partial charge in [-0.1, -0.05) is 51.2 Å². The monoisotopic (exact) mass is 774 g/mol. The summed E-state index contributed by atoms with van der Waals surface area (Å²) in [5, 5.41) is 8.56. The lowest BCUT2D eigenvalue weighted by Crippen LogP contribution is -2.15. The van der Waals surface area contributed by atoms with Crippen molar-refractivity contribution in [2.24, 2.45) is 0 Å². The molecule has 14 heteroatoms. The third kappa shape index (κ3) is 36.6. The van der Waals surface area contributed by atoms with E-state index in [9.17, 15) is 9.59 Å². The molecule has 54 heavy (non-hydrogen) atoms. The van der Waals surface area contributed by atoms with Gasteiger partial charge >= 0.3 is 11.9 Å². The molecular formula is C40H70O14. The highest BCUT2D eigenvalue weighted by molar-refractivity contribution is 5.69. The van der Waals surface area contributed by atoms with Gasteiger partial charge in [-0.2, -0.15) is 0 Å². The number of esters is 1. The third-order valence-electron chi connectivity index (χ3n) is 7.73. The number of ether oxygens (including phenoxy) is 11. The molecule has 14 nitrogen and oxygen atoms in total. The number of carboxylic acid groups (broad SMARTS) is 1. The lowest BCUT2D eigenvalue weighted by molar-refractivity contribution is -0.146. The van der Waals surface area contributed by atoms with Crippen LogP contribution in [0.25, 0.3) is 0 Å². The summed E-state index contributed by atoms with van der Waals surface area (Å²) >= 11 is 0. The Hall–Kier alpha value is -2.40. The van der Waals surface area contributed by atoms with Crippen LogP contribution in [0, 0.1) is 0 Å². The quantitative estimate of drug-likeness (QED) is 0.0673. The minimum Gasteiger partial charge on any atom is -0.491 e. The second-order valence-corrected chi connectivity index (χ2v) is 12.3. The summed E-state index contributed by atoms with van der Waals surface area (Å²) < 4.78 is 60.1. The highest BCUT2D eigenvalue weighted by Gasteiger charge is 2.04. The van der Waals surface area contributed by atoms with E-state index in [4.69, 9.17) is 57.2 Å². The van der Waals surface area contributed by atoms with Crippen LogP contribution in [0.3, 0.4) is 0 Å². The molecule has 0 heterocycles. The van der Waals surface area contributed by atoms with E-state index in [2.05, 4.69) is 19.1 Å². The molecule has 0 aromatic heterocycles. The maximum absolute atomic E-state index is 11.5. The van der Waals surface area contributed by atoms with E-state index in [1.807, 2.05) is 12.1 Å². The van der Waals surface area contributed by atoms with Gasteiger partial charge in [-0.25, -0.2) is 0 Å². The van der Waals surface area contributed by atoms with Crippen LogP contribution in [0.15, 0.2) is 24.3 Å². The van der Waals surface area contributed by atoms with Crippen molar-refractivity contribution in [1.82, 2.24) is 0 Å². The largest absolute Gasteiger partial charge is 0.491 e.